The van der Waals surface area contributed by atoms with Gasteiger partial charge in [-0.2, -0.15) is 5.10 Å². The first-order valence-corrected chi connectivity index (χ1v) is 8.04. The highest BCUT2D eigenvalue weighted by Crippen LogP contribution is 2.27. The molecule has 0 aromatic heterocycles. The lowest BCUT2D eigenvalue weighted by Gasteiger charge is -2.05. The number of benzene rings is 3. The Labute approximate surface area is 151 Å². The zero-order valence-electron chi connectivity index (χ0n) is 14.2. The summed E-state index contributed by atoms with van der Waals surface area (Å²) in [6.45, 7) is 0. The van der Waals surface area contributed by atoms with E-state index in [0.717, 1.165) is 11.1 Å². The quantitative estimate of drug-likeness (QED) is 0.545. The van der Waals surface area contributed by atoms with Crippen molar-refractivity contribution in [3.05, 3.63) is 83.9 Å². The van der Waals surface area contributed by atoms with Gasteiger partial charge in [-0.1, -0.05) is 48.5 Å². The lowest BCUT2D eigenvalue weighted by molar-refractivity contribution is 0.0955. The van der Waals surface area contributed by atoms with Gasteiger partial charge in [0, 0.05) is 11.1 Å². The molecule has 0 fully saturated rings. The number of carbonyl (C=O) groups excluding carboxylic acids is 1. The number of ether oxygens (including phenoxy) is 1. The number of phenolic OH excluding ortho intramolecular Hbond substituents is 1. The molecule has 0 heterocycles. The molecule has 0 unspecified atom stereocenters. The Morgan fingerprint density at radius 2 is 1.65 bits per heavy atom. The Hall–Kier alpha value is -3.60. The highest BCUT2D eigenvalue weighted by Gasteiger charge is 2.07. The van der Waals surface area contributed by atoms with Gasteiger partial charge in [0.15, 0.2) is 11.5 Å². The van der Waals surface area contributed by atoms with Crippen molar-refractivity contribution in [2.75, 3.05) is 7.11 Å². The molecule has 0 aliphatic heterocycles. The van der Waals surface area contributed by atoms with Gasteiger partial charge in [0.25, 0.3) is 5.91 Å². The van der Waals surface area contributed by atoms with Crippen LogP contribution in [0.3, 0.4) is 0 Å². The van der Waals surface area contributed by atoms with Gasteiger partial charge in [-0.25, -0.2) is 5.43 Å². The number of para-hydroxylation sites is 1. The van der Waals surface area contributed by atoms with Gasteiger partial charge >= 0.3 is 0 Å². The molecule has 130 valence electrons. The monoisotopic (exact) mass is 346 g/mol. The minimum absolute atomic E-state index is 0.0276. The van der Waals surface area contributed by atoms with E-state index in [-0.39, 0.29) is 11.7 Å². The van der Waals surface area contributed by atoms with Crippen molar-refractivity contribution in [3.8, 4) is 22.6 Å². The SMILES string of the molecule is COc1cccc(/C=N/NC(=O)c2ccc(-c3ccccc3)cc2)c1O. The summed E-state index contributed by atoms with van der Waals surface area (Å²) in [4.78, 5) is 12.2. The second-order valence-electron chi connectivity index (χ2n) is 5.54. The van der Waals surface area contributed by atoms with E-state index in [4.69, 9.17) is 4.74 Å². The van der Waals surface area contributed by atoms with Gasteiger partial charge in [-0.15, -0.1) is 0 Å². The summed E-state index contributed by atoms with van der Waals surface area (Å²) in [5.41, 5.74) is 5.52. The third-order valence-electron chi connectivity index (χ3n) is 3.87. The van der Waals surface area contributed by atoms with Crippen LogP contribution in [0.1, 0.15) is 15.9 Å². The molecule has 26 heavy (non-hydrogen) atoms. The number of phenols is 1. The molecule has 5 nitrogen and oxygen atoms in total. The van der Waals surface area contributed by atoms with Crippen molar-refractivity contribution in [2.24, 2.45) is 5.10 Å². The van der Waals surface area contributed by atoms with Gasteiger partial charge in [0.05, 0.1) is 13.3 Å². The summed E-state index contributed by atoms with van der Waals surface area (Å²) in [6.07, 6.45) is 1.37. The molecule has 0 spiro atoms. The average molecular weight is 346 g/mol. The maximum atomic E-state index is 12.2. The number of aromatic hydroxyl groups is 1. The number of amides is 1. The summed E-state index contributed by atoms with van der Waals surface area (Å²) < 4.78 is 5.03. The summed E-state index contributed by atoms with van der Waals surface area (Å²) in [5.74, 6) is -0.0137. The first kappa shape index (κ1) is 17.2. The predicted molar refractivity (Wildman–Crippen MR) is 102 cm³/mol. The van der Waals surface area contributed by atoms with Crippen molar-refractivity contribution in [2.45, 2.75) is 0 Å². The fourth-order valence-electron chi connectivity index (χ4n) is 2.48. The van der Waals surface area contributed by atoms with Crippen LogP contribution < -0.4 is 10.2 Å². The normalized spacial score (nSPS) is 10.7. The Kier molecular flexibility index (Phi) is 5.29. The molecule has 0 saturated carbocycles. The minimum Gasteiger partial charge on any atom is -0.504 e. The fourth-order valence-corrected chi connectivity index (χ4v) is 2.48. The molecular weight excluding hydrogens is 328 g/mol. The molecule has 0 aliphatic rings. The predicted octanol–water partition coefficient (Wildman–Crippen LogP) is 3.83. The van der Waals surface area contributed by atoms with Crippen LogP contribution >= 0.6 is 0 Å². The zero-order chi connectivity index (χ0) is 18.4. The Bertz CT molecular complexity index is 920. The van der Waals surface area contributed by atoms with E-state index < -0.39 is 0 Å². The topological polar surface area (TPSA) is 70.9 Å². The summed E-state index contributed by atoms with van der Waals surface area (Å²) in [7, 11) is 1.47. The van der Waals surface area contributed by atoms with Crippen LogP contribution in [0.15, 0.2) is 77.9 Å². The number of hydrazone groups is 1. The molecule has 0 aliphatic carbocycles. The number of nitrogens with zero attached hydrogens (tertiary/aromatic N) is 1. The van der Waals surface area contributed by atoms with Crippen molar-refractivity contribution >= 4 is 12.1 Å². The molecular formula is C21H18N2O3. The zero-order valence-corrected chi connectivity index (χ0v) is 14.2. The van der Waals surface area contributed by atoms with E-state index in [1.54, 1.807) is 30.3 Å². The largest absolute Gasteiger partial charge is 0.504 e. The highest BCUT2D eigenvalue weighted by atomic mass is 16.5. The Morgan fingerprint density at radius 1 is 0.962 bits per heavy atom. The number of carbonyl (C=O) groups is 1. The lowest BCUT2D eigenvalue weighted by atomic mass is 10.0. The number of hydrogen-bond donors (Lipinski definition) is 2. The van der Waals surface area contributed by atoms with Crippen LogP contribution in [-0.4, -0.2) is 24.3 Å². The van der Waals surface area contributed by atoms with Crippen molar-refractivity contribution in [1.29, 1.82) is 0 Å². The van der Waals surface area contributed by atoms with Crippen LogP contribution in [0.5, 0.6) is 11.5 Å². The lowest BCUT2D eigenvalue weighted by Crippen LogP contribution is -2.17. The first-order chi connectivity index (χ1) is 12.7. The molecule has 3 rings (SSSR count). The van der Waals surface area contributed by atoms with Crippen LogP contribution in [-0.2, 0) is 0 Å². The van der Waals surface area contributed by atoms with E-state index in [9.17, 15) is 9.90 Å². The highest BCUT2D eigenvalue weighted by molar-refractivity contribution is 5.95. The average Bonchev–Trinajstić information content (AvgIpc) is 2.70. The van der Waals surface area contributed by atoms with Crippen LogP contribution in [0.25, 0.3) is 11.1 Å². The van der Waals surface area contributed by atoms with E-state index in [1.165, 1.54) is 13.3 Å². The standard InChI is InChI=1S/C21H18N2O3/c1-26-19-9-5-8-18(20(19)24)14-22-23-21(25)17-12-10-16(11-13-17)15-6-3-2-4-7-15/h2-14,24H,1H3,(H,23,25)/b22-14+. The molecule has 3 aromatic rings. The summed E-state index contributed by atoms with van der Waals surface area (Å²) in [6, 6.07) is 22.2. The number of hydrogen-bond acceptors (Lipinski definition) is 4. The third kappa shape index (κ3) is 3.89. The molecule has 0 saturated heterocycles. The third-order valence-corrected chi connectivity index (χ3v) is 3.87. The molecule has 0 bridgehead atoms. The van der Waals surface area contributed by atoms with Crippen LogP contribution in [0.2, 0.25) is 0 Å². The Balaban J connectivity index is 1.67. The Morgan fingerprint density at radius 3 is 2.35 bits per heavy atom. The maximum Gasteiger partial charge on any atom is 0.271 e. The molecule has 2 N–H and O–H groups in total. The second kappa shape index (κ2) is 7.98. The van der Waals surface area contributed by atoms with Gasteiger partial charge in [0.1, 0.15) is 0 Å². The van der Waals surface area contributed by atoms with Gasteiger partial charge in [0.2, 0.25) is 0 Å². The molecule has 1 amide bonds. The maximum absolute atomic E-state index is 12.2. The van der Waals surface area contributed by atoms with Crippen molar-refractivity contribution in [3.63, 3.8) is 0 Å². The van der Waals surface area contributed by atoms with Gasteiger partial charge < -0.3 is 9.84 Å². The van der Waals surface area contributed by atoms with E-state index >= 15 is 0 Å². The summed E-state index contributed by atoms with van der Waals surface area (Å²) in [5, 5.41) is 13.9. The summed E-state index contributed by atoms with van der Waals surface area (Å²) >= 11 is 0. The van der Waals surface area contributed by atoms with Gasteiger partial charge in [-0.3, -0.25) is 4.79 Å². The molecule has 5 heteroatoms. The number of rotatable bonds is 5. The van der Waals surface area contributed by atoms with E-state index in [1.807, 2.05) is 42.5 Å². The smallest absolute Gasteiger partial charge is 0.271 e. The van der Waals surface area contributed by atoms with Crippen LogP contribution in [0.4, 0.5) is 0 Å². The molecule has 0 radical (unpaired) electrons. The fraction of sp³-hybridized carbons (Fsp3) is 0.0476. The second-order valence-corrected chi connectivity index (χ2v) is 5.54. The molecule has 0 atom stereocenters. The first-order valence-electron chi connectivity index (χ1n) is 8.04. The number of methoxy groups -OCH3 is 1. The van der Waals surface area contributed by atoms with E-state index in [2.05, 4.69) is 10.5 Å². The minimum atomic E-state index is -0.330. The van der Waals surface area contributed by atoms with Crippen molar-refractivity contribution in [1.82, 2.24) is 5.43 Å². The van der Waals surface area contributed by atoms with Gasteiger partial charge in [-0.05, 0) is 35.4 Å². The number of nitrogens with one attached hydrogen (secondary N) is 1. The van der Waals surface area contributed by atoms with Crippen molar-refractivity contribution < 1.29 is 14.6 Å². The van der Waals surface area contributed by atoms with E-state index in [0.29, 0.717) is 16.9 Å². The van der Waals surface area contributed by atoms with Crippen LogP contribution in [0, 0.1) is 0 Å². The molecule has 3 aromatic carbocycles.